The van der Waals surface area contributed by atoms with Crippen LogP contribution in [-0.2, 0) is 9.59 Å². The molecule has 9 heteroatoms. The number of nitrogens with one attached hydrogen (secondary N) is 3. The van der Waals surface area contributed by atoms with Crippen LogP contribution in [-0.4, -0.2) is 24.3 Å². The van der Waals surface area contributed by atoms with Gasteiger partial charge in [-0.25, -0.2) is 0 Å². The minimum absolute atomic E-state index is 0.0944. The van der Waals surface area contributed by atoms with Gasteiger partial charge in [-0.2, -0.15) is 0 Å². The molecule has 0 spiro atoms. The fourth-order valence-electron chi connectivity index (χ4n) is 2.44. The van der Waals surface area contributed by atoms with Gasteiger partial charge in [0.25, 0.3) is 11.8 Å². The van der Waals surface area contributed by atoms with Gasteiger partial charge >= 0.3 is 0 Å². The molecule has 7 nitrogen and oxygen atoms in total. The Kier molecular flexibility index (Phi) is 5.36. The number of carbonyl (C=O) groups excluding carboxylic acids is 3. The summed E-state index contributed by atoms with van der Waals surface area (Å²) in [6, 6.07) is 4.86. The maximum atomic E-state index is 12.7. The largest absolute Gasteiger partial charge is 0.482 e. The fraction of sp³-hybridized carbons (Fsp3) is 0.316. The van der Waals surface area contributed by atoms with Crippen molar-refractivity contribution in [3.05, 3.63) is 33.7 Å². The smallest absolute Gasteiger partial charge is 0.266 e. The molecule has 2 aromatic rings. The van der Waals surface area contributed by atoms with E-state index in [1.54, 1.807) is 19.1 Å². The minimum Gasteiger partial charge on any atom is -0.482 e. The van der Waals surface area contributed by atoms with Gasteiger partial charge in [0.15, 0.2) is 6.61 Å². The Morgan fingerprint density at radius 1 is 1.21 bits per heavy atom. The van der Waals surface area contributed by atoms with Crippen molar-refractivity contribution in [3.63, 3.8) is 0 Å². The summed E-state index contributed by atoms with van der Waals surface area (Å²) < 4.78 is 5.36. The highest BCUT2D eigenvalue weighted by Gasteiger charge is 2.24. The van der Waals surface area contributed by atoms with Crippen LogP contribution in [0.1, 0.15) is 36.0 Å². The number of hydrogen-bond donors (Lipinski definition) is 3. The van der Waals surface area contributed by atoms with Crippen molar-refractivity contribution >= 4 is 57.0 Å². The van der Waals surface area contributed by atoms with E-state index in [1.807, 2.05) is 20.8 Å². The molecule has 1 aliphatic heterocycles. The van der Waals surface area contributed by atoms with Crippen molar-refractivity contribution < 1.29 is 19.1 Å². The molecule has 0 saturated heterocycles. The molecule has 1 aromatic heterocycles. The normalized spacial score (nSPS) is 13.2. The molecule has 3 rings (SSSR count). The van der Waals surface area contributed by atoms with E-state index in [1.165, 1.54) is 17.4 Å². The van der Waals surface area contributed by atoms with Crippen LogP contribution in [0.4, 0.5) is 16.4 Å². The van der Waals surface area contributed by atoms with Crippen LogP contribution in [0.3, 0.4) is 0 Å². The molecule has 28 heavy (non-hydrogen) atoms. The first-order chi connectivity index (χ1) is 13.0. The van der Waals surface area contributed by atoms with E-state index in [4.69, 9.17) is 16.3 Å². The molecule has 3 amide bonds. The van der Waals surface area contributed by atoms with Gasteiger partial charge in [0.05, 0.1) is 26.3 Å². The number of hydrogen-bond acceptors (Lipinski definition) is 5. The Bertz CT molecular complexity index is 978. The lowest BCUT2D eigenvalue weighted by Crippen LogP contribution is -2.27. The number of anilines is 3. The molecule has 0 unspecified atom stereocenters. The van der Waals surface area contributed by atoms with Gasteiger partial charge in [-0.1, -0.05) is 32.4 Å². The number of halogens is 1. The van der Waals surface area contributed by atoms with Crippen molar-refractivity contribution in [2.75, 3.05) is 22.6 Å². The molecular weight excluding hydrogens is 402 g/mol. The molecule has 2 heterocycles. The quantitative estimate of drug-likeness (QED) is 0.689. The number of ether oxygens (including phenoxy) is 1. The van der Waals surface area contributed by atoms with Gasteiger partial charge in [0.1, 0.15) is 5.75 Å². The van der Waals surface area contributed by atoms with Gasteiger partial charge in [-0.3, -0.25) is 14.4 Å². The average molecular weight is 422 g/mol. The van der Waals surface area contributed by atoms with E-state index >= 15 is 0 Å². The lowest BCUT2D eigenvalue weighted by Gasteiger charge is -2.19. The Balaban J connectivity index is 1.79. The first-order valence-electron chi connectivity index (χ1n) is 8.54. The highest BCUT2D eigenvalue weighted by atomic mass is 35.5. The van der Waals surface area contributed by atoms with Crippen LogP contribution in [0.2, 0.25) is 5.02 Å². The van der Waals surface area contributed by atoms with E-state index in [-0.39, 0.29) is 29.4 Å². The number of carbonyl (C=O) groups is 3. The number of fused-ring (bicyclic) bond motifs is 1. The van der Waals surface area contributed by atoms with Crippen LogP contribution in [0.25, 0.3) is 0 Å². The summed E-state index contributed by atoms with van der Waals surface area (Å²) in [6.45, 7) is 7.16. The molecule has 0 saturated carbocycles. The summed E-state index contributed by atoms with van der Waals surface area (Å²) in [7, 11) is 0. The lowest BCUT2D eigenvalue weighted by atomic mass is 9.96. The third-order valence-corrected chi connectivity index (χ3v) is 5.46. The van der Waals surface area contributed by atoms with E-state index in [0.29, 0.717) is 27.0 Å². The monoisotopic (exact) mass is 421 g/mol. The average Bonchev–Trinajstić information content (AvgIpc) is 2.95. The molecule has 1 aliphatic rings. The van der Waals surface area contributed by atoms with Gasteiger partial charge in [0, 0.05) is 11.5 Å². The Morgan fingerprint density at radius 2 is 1.93 bits per heavy atom. The van der Waals surface area contributed by atoms with Crippen molar-refractivity contribution in [3.8, 4) is 5.75 Å². The second kappa shape index (κ2) is 7.44. The molecule has 148 valence electrons. The van der Waals surface area contributed by atoms with Crippen LogP contribution >= 0.6 is 22.9 Å². The lowest BCUT2D eigenvalue weighted by molar-refractivity contribution is -0.123. The highest BCUT2D eigenvalue weighted by molar-refractivity contribution is 7.18. The van der Waals surface area contributed by atoms with E-state index < -0.39 is 5.41 Å². The predicted molar refractivity (Wildman–Crippen MR) is 111 cm³/mol. The van der Waals surface area contributed by atoms with E-state index in [9.17, 15) is 14.4 Å². The zero-order chi connectivity index (χ0) is 20.6. The molecule has 1 aromatic carbocycles. The zero-order valence-corrected chi connectivity index (χ0v) is 17.4. The standard InChI is InChI=1S/C19H20ClN3O4S/c1-9-5-15(23-18(26)19(2,3)4)28-16(9)17(25)22-11-7-13-12(6-10(11)20)21-14(24)8-27-13/h5-7H,8H2,1-4H3,(H,21,24)(H,22,25)(H,23,26). The topological polar surface area (TPSA) is 96.5 Å². The first-order valence-corrected chi connectivity index (χ1v) is 9.73. The van der Waals surface area contributed by atoms with Gasteiger partial charge in [-0.15, -0.1) is 11.3 Å². The summed E-state index contributed by atoms with van der Waals surface area (Å²) in [6.07, 6.45) is 0. The zero-order valence-electron chi connectivity index (χ0n) is 15.9. The number of aryl methyl sites for hydroxylation is 1. The first kappa shape index (κ1) is 20.2. The minimum atomic E-state index is -0.535. The van der Waals surface area contributed by atoms with Crippen molar-refractivity contribution in [1.29, 1.82) is 0 Å². The number of rotatable bonds is 3. The van der Waals surface area contributed by atoms with Gasteiger partial charge < -0.3 is 20.7 Å². The maximum Gasteiger partial charge on any atom is 0.266 e. The number of benzene rings is 1. The summed E-state index contributed by atoms with van der Waals surface area (Å²) >= 11 is 7.42. The third-order valence-electron chi connectivity index (χ3n) is 3.99. The van der Waals surface area contributed by atoms with Gasteiger partial charge in [0.2, 0.25) is 5.91 Å². The number of thiophene rings is 1. The SMILES string of the molecule is Cc1cc(NC(=O)C(C)(C)C)sc1C(=O)Nc1cc2c(cc1Cl)NC(=O)CO2. The molecule has 0 radical (unpaired) electrons. The molecule has 0 atom stereocenters. The Labute approximate surface area is 171 Å². The van der Waals surface area contributed by atoms with Gasteiger partial charge in [-0.05, 0) is 24.6 Å². The molecule has 0 aliphatic carbocycles. The van der Waals surface area contributed by atoms with Crippen LogP contribution in [0.5, 0.6) is 5.75 Å². The van der Waals surface area contributed by atoms with Crippen LogP contribution in [0.15, 0.2) is 18.2 Å². The van der Waals surface area contributed by atoms with E-state index in [2.05, 4.69) is 16.0 Å². The second-order valence-electron chi connectivity index (χ2n) is 7.45. The summed E-state index contributed by atoms with van der Waals surface area (Å²) in [4.78, 5) is 36.7. The summed E-state index contributed by atoms with van der Waals surface area (Å²) in [5, 5.41) is 9.12. The molecule has 3 N–H and O–H groups in total. The van der Waals surface area contributed by atoms with Crippen molar-refractivity contribution in [2.45, 2.75) is 27.7 Å². The van der Waals surface area contributed by atoms with Crippen LogP contribution < -0.4 is 20.7 Å². The van der Waals surface area contributed by atoms with Crippen LogP contribution in [0, 0.1) is 12.3 Å². The van der Waals surface area contributed by atoms with Crippen molar-refractivity contribution in [1.82, 2.24) is 0 Å². The predicted octanol–water partition coefficient (Wildman–Crippen LogP) is 4.28. The number of amides is 3. The third kappa shape index (κ3) is 4.28. The Morgan fingerprint density at radius 3 is 2.61 bits per heavy atom. The summed E-state index contributed by atoms with van der Waals surface area (Å²) in [5.41, 5.74) is 1.03. The molecule has 0 bridgehead atoms. The maximum absolute atomic E-state index is 12.7. The molecular formula is C19H20ClN3O4S. The van der Waals surface area contributed by atoms with E-state index in [0.717, 1.165) is 5.56 Å². The van der Waals surface area contributed by atoms with Crippen molar-refractivity contribution in [2.24, 2.45) is 5.41 Å². The fourth-order valence-corrected chi connectivity index (χ4v) is 3.62. The molecule has 0 fully saturated rings. The summed E-state index contributed by atoms with van der Waals surface area (Å²) in [5.74, 6) is -0.308. The Hall–Kier alpha value is -2.58. The second-order valence-corrected chi connectivity index (χ2v) is 8.91. The highest BCUT2D eigenvalue weighted by Crippen LogP contribution is 2.37.